The molecular weight excluding hydrogens is 322 g/mol. The molecule has 0 radical (unpaired) electrons. The largest absolute Gasteiger partial charge is 0.478 e. The minimum atomic E-state index is -1.07. The first kappa shape index (κ1) is 16.0. The van der Waals surface area contributed by atoms with E-state index in [9.17, 15) is 9.59 Å². The predicted molar refractivity (Wildman–Crippen MR) is 97.5 cm³/mol. The highest BCUT2D eigenvalue weighted by Gasteiger charge is 2.11. The second-order valence-corrected chi connectivity index (χ2v) is 6.29. The molecule has 5 heteroatoms. The number of para-hydroxylation sites is 1. The Bertz CT molecular complexity index is 956. The van der Waals surface area contributed by atoms with E-state index in [1.165, 1.54) is 17.5 Å². The number of thiophene rings is 1. The summed E-state index contributed by atoms with van der Waals surface area (Å²) in [7, 11) is 0. The number of benzene rings is 2. The van der Waals surface area contributed by atoms with Crippen molar-refractivity contribution < 1.29 is 14.7 Å². The fourth-order valence-corrected chi connectivity index (χ4v) is 3.26. The summed E-state index contributed by atoms with van der Waals surface area (Å²) in [4.78, 5) is 23.4. The molecule has 3 aromatic rings. The second kappa shape index (κ2) is 6.68. The van der Waals surface area contributed by atoms with Crippen molar-refractivity contribution in [2.45, 2.75) is 6.92 Å². The first-order chi connectivity index (χ1) is 11.5. The summed E-state index contributed by atoms with van der Waals surface area (Å²) in [5.41, 5.74) is 2.13. The van der Waals surface area contributed by atoms with Gasteiger partial charge in [-0.05, 0) is 53.1 Å². The molecule has 1 amide bonds. The molecule has 0 unspecified atom stereocenters. The third-order valence-electron chi connectivity index (χ3n) is 3.67. The van der Waals surface area contributed by atoms with Crippen molar-refractivity contribution in [2.24, 2.45) is 0 Å². The molecule has 0 fully saturated rings. The zero-order valence-corrected chi connectivity index (χ0v) is 13.8. The number of hydrogen-bond donors (Lipinski definition) is 2. The van der Waals surface area contributed by atoms with Crippen molar-refractivity contribution in [2.75, 3.05) is 5.32 Å². The fraction of sp³-hybridized carbons (Fsp3) is 0.0526. The maximum atomic E-state index is 12.2. The quantitative estimate of drug-likeness (QED) is 0.682. The molecule has 0 aliphatic rings. The molecule has 24 heavy (non-hydrogen) atoms. The number of fused-ring (bicyclic) bond motifs is 1. The predicted octanol–water partition coefficient (Wildman–Crippen LogP) is 4.64. The average molecular weight is 337 g/mol. The number of carbonyl (C=O) groups is 2. The number of allylic oxidation sites excluding steroid dienone is 1. The molecule has 0 atom stereocenters. The second-order valence-electron chi connectivity index (χ2n) is 5.34. The van der Waals surface area contributed by atoms with Crippen molar-refractivity contribution in [1.82, 2.24) is 0 Å². The van der Waals surface area contributed by atoms with E-state index in [4.69, 9.17) is 5.11 Å². The number of amides is 1. The van der Waals surface area contributed by atoms with Gasteiger partial charge in [0.25, 0.3) is 0 Å². The first-order valence-electron chi connectivity index (χ1n) is 7.34. The summed E-state index contributed by atoms with van der Waals surface area (Å²) in [6.45, 7) is 1.86. The number of carboxylic acid groups (broad SMARTS) is 1. The SMILES string of the molecule is C/C(=C\C(=O)Nc1ccccc1C(=O)O)c1ccc2ccsc2c1. The molecule has 0 aliphatic carbocycles. The maximum Gasteiger partial charge on any atom is 0.337 e. The van der Waals surface area contributed by atoms with Gasteiger partial charge in [-0.25, -0.2) is 4.79 Å². The van der Waals surface area contributed by atoms with E-state index in [-0.39, 0.29) is 17.2 Å². The molecule has 0 saturated carbocycles. The highest BCUT2D eigenvalue weighted by Crippen LogP contribution is 2.25. The number of anilines is 1. The average Bonchev–Trinajstić information content (AvgIpc) is 3.02. The summed E-state index contributed by atoms with van der Waals surface area (Å²) < 4.78 is 1.16. The summed E-state index contributed by atoms with van der Waals surface area (Å²) in [6.07, 6.45) is 1.48. The monoisotopic (exact) mass is 337 g/mol. The van der Waals surface area contributed by atoms with E-state index in [1.807, 2.05) is 30.5 Å². The highest BCUT2D eigenvalue weighted by atomic mass is 32.1. The van der Waals surface area contributed by atoms with Crippen LogP contribution in [0.15, 0.2) is 60.0 Å². The van der Waals surface area contributed by atoms with E-state index in [1.54, 1.807) is 29.5 Å². The molecule has 0 aliphatic heterocycles. The minimum absolute atomic E-state index is 0.0666. The van der Waals surface area contributed by atoms with Gasteiger partial charge >= 0.3 is 5.97 Å². The van der Waals surface area contributed by atoms with Gasteiger partial charge in [0.05, 0.1) is 11.3 Å². The van der Waals surface area contributed by atoms with Gasteiger partial charge in [-0.3, -0.25) is 4.79 Å². The third-order valence-corrected chi connectivity index (χ3v) is 4.55. The Balaban J connectivity index is 1.82. The number of carbonyl (C=O) groups excluding carboxylic acids is 1. The minimum Gasteiger partial charge on any atom is -0.478 e. The number of aromatic carboxylic acids is 1. The highest BCUT2D eigenvalue weighted by molar-refractivity contribution is 7.17. The molecule has 2 aromatic carbocycles. The lowest BCUT2D eigenvalue weighted by atomic mass is 10.1. The van der Waals surface area contributed by atoms with Crippen molar-refractivity contribution in [3.05, 3.63) is 71.1 Å². The van der Waals surface area contributed by atoms with Crippen LogP contribution in [0.3, 0.4) is 0 Å². The summed E-state index contributed by atoms with van der Waals surface area (Å²) in [6, 6.07) is 14.4. The topological polar surface area (TPSA) is 66.4 Å². The van der Waals surface area contributed by atoms with Crippen LogP contribution in [0.5, 0.6) is 0 Å². The van der Waals surface area contributed by atoms with E-state index < -0.39 is 5.97 Å². The van der Waals surface area contributed by atoms with Gasteiger partial charge in [-0.1, -0.05) is 24.3 Å². The molecule has 0 bridgehead atoms. The van der Waals surface area contributed by atoms with Gasteiger partial charge < -0.3 is 10.4 Å². The van der Waals surface area contributed by atoms with Crippen molar-refractivity contribution >= 4 is 44.6 Å². The van der Waals surface area contributed by atoms with Crippen molar-refractivity contribution in [1.29, 1.82) is 0 Å². The number of hydrogen-bond acceptors (Lipinski definition) is 3. The third kappa shape index (κ3) is 3.36. The number of nitrogens with one attached hydrogen (secondary N) is 1. The lowest BCUT2D eigenvalue weighted by molar-refractivity contribution is -0.111. The summed E-state index contributed by atoms with van der Waals surface area (Å²) >= 11 is 1.65. The summed E-state index contributed by atoms with van der Waals surface area (Å²) in [5, 5.41) is 15.0. The van der Waals surface area contributed by atoms with Crippen LogP contribution in [0.1, 0.15) is 22.8 Å². The Labute approximate surface area is 143 Å². The van der Waals surface area contributed by atoms with Crippen LogP contribution in [0.4, 0.5) is 5.69 Å². The van der Waals surface area contributed by atoms with Crippen LogP contribution in [0, 0.1) is 0 Å². The molecule has 4 nitrogen and oxygen atoms in total. The lowest BCUT2D eigenvalue weighted by Crippen LogP contribution is -2.12. The Kier molecular flexibility index (Phi) is 4.44. The lowest BCUT2D eigenvalue weighted by Gasteiger charge is -2.07. The van der Waals surface area contributed by atoms with E-state index in [0.29, 0.717) is 0 Å². The van der Waals surface area contributed by atoms with E-state index in [2.05, 4.69) is 11.4 Å². The van der Waals surface area contributed by atoms with Crippen LogP contribution in [-0.2, 0) is 4.79 Å². The van der Waals surface area contributed by atoms with Gasteiger partial charge in [0.1, 0.15) is 0 Å². The van der Waals surface area contributed by atoms with Crippen LogP contribution < -0.4 is 5.32 Å². The molecule has 2 N–H and O–H groups in total. The smallest absolute Gasteiger partial charge is 0.337 e. The molecule has 1 heterocycles. The van der Waals surface area contributed by atoms with E-state index in [0.717, 1.165) is 15.8 Å². The summed E-state index contributed by atoms with van der Waals surface area (Å²) in [5.74, 6) is -1.43. The van der Waals surface area contributed by atoms with Gasteiger partial charge in [0.2, 0.25) is 5.91 Å². The molecule has 3 rings (SSSR count). The van der Waals surface area contributed by atoms with E-state index >= 15 is 0 Å². The molecule has 0 saturated heterocycles. The standard InChI is InChI=1S/C19H15NO3S/c1-12(14-7-6-13-8-9-24-17(13)11-14)10-18(21)20-16-5-3-2-4-15(16)19(22)23/h2-11H,1H3,(H,20,21)(H,22,23)/b12-10+. The van der Waals surface area contributed by atoms with Crippen molar-refractivity contribution in [3.8, 4) is 0 Å². The Morgan fingerprint density at radius 3 is 2.71 bits per heavy atom. The number of rotatable bonds is 4. The van der Waals surface area contributed by atoms with Crippen LogP contribution >= 0.6 is 11.3 Å². The Morgan fingerprint density at radius 2 is 1.92 bits per heavy atom. The van der Waals surface area contributed by atoms with Crippen LogP contribution in [0.25, 0.3) is 15.7 Å². The fourth-order valence-electron chi connectivity index (χ4n) is 2.43. The first-order valence-corrected chi connectivity index (χ1v) is 8.22. The van der Waals surface area contributed by atoms with Gasteiger partial charge in [-0.2, -0.15) is 0 Å². The maximum absolute atomic E-state index is 12.2. The Hall–Kier alpha value is -2.92. The number of carboxylic acids is 1. The van der Waals surface area contributed by atoms with Gasteiger partial charge in [0, 0.05) is 10.8 Å². The Morgan fingerprint density at radius 1 is 1.12 bits per heavy atom. The molecule has 1 aromatic heterocycles. The van der Waals surface area contributed by atoms with Gasteiger partial charge in [-0.15, -0.1) is 11.3 Å². The van der Waals surface area contributed by atoms with Crippen LogP contribution in [-0.4, -0.2) is 17.0 Å². The van der Waals surface area contributed by atoms with Crippen molar-refractivity contribution in [3.63, 3.8) is 0 Å². The molecular formula is C19H15NO3S. The van der Waals surface area contributed by atoms with Gasteiger partial charge in [0.15, 0.2) is 0 Å². The molecule has 120 valence electrons. The zero-order chi connectivity index (χ0) is 17.1. The zero-order valence-electron chi connectivity index (χ0n) is 12.9. The van der Waals surface area contributed by atoms with Crippen LogP contribution in [0.2, 0.25) is 0 Å². The molecule has 0 spiro atoms. The normalized spacial score (nSPS) is 11.5.